The van der Waals surface area contributed by atoms with Crippen LogP contribution in [0.5, 0.6) is 0 Å². The van der Waals surface area contributed by atoms with E-state index in [1.165, 1.54) is 11.2 Å². The van der Waals surface area contributed by atoms with Gasteiger partial charge in [-0.3, -0.25) is 9.59 Å². The van der Waals surface area contributed by atoms with E-state index in [2.05, 4.69) is 5.32 Å². The van der Waals surface area contributed by atoms with E-state index in [-0.39, 0.29) is 42.1 Å². The van der Waals surface area contributed by atoms with Gasteiger partial charge in [0.1, 0.15) is 6.04 Å². The maximum Gasteiger partial charge on any atom is 0.241 e. The van der Waals surface area contributed by atoms with Crippen molar-refractivity contribution in [1.29, 1.82) is 0 Å². The molecule has 0 bridgehead atoms. The molecule has 1 N–H and O–H groups in total. The molecule has 2 fully saturated rings. The Bertz CT molecular complexity index is 889. The highest BCUT2D eigenvalue weighted by Crippen LogP contribution is 2.32. The molecule has 0 radical (unpaired) electrons. The van der Waals surface area contributed by atoms with Crippen LogP contribution < -0.4 is 5.32 Å². The first kappa shape index (κ1) is 22.1. The molecule has 160 valence electrons. The Morgan fingerprint density at radius 3 is 2.59 bits per heavy atom. The zero-order valence-electron chi connectivity index (χ0n) is 17.0. The largest absolute Gasteiger partial charge is 0.352 e. The molecule has 2 amide bonds. The zero-order valence-corrected chi connectivity index (χ0v) is 18.5. The molecular formula is C20H28ClN3O4S. The van der Waals surface area contributed by atoms with Gasteiger partial charge >= 0.3 is 0 Å². The lowest BCUT2D eigenvalue weighted by Crippen LogP contribution is -2.61. The van der Waals surface area contributed by atoms with Crippen LogP contribution in [0.1, 0.15) is 39.2 Å². The molecule has 0 spiro atoms. The molecule has 0 saturated carbocycles. The molecule has 2 saturated heterocycles. The normalized spacial score (nSPS) is 25.3. The van der Waals surface area contributed by atoms with Crippen LogP contribution in [-0.4, -0.2) is 60.7 Å². The first-order valence-electron chi connectivity index (χ1n) is 9.89. The topological polar surface area (TPSA) is 86.8 Å². The number of nitrogens with one attached hydrogen (secondary N) is 1. The molecule has 0 aromatic heterocycles. The standard InChI is InChI=1S/C20H28ClN3O4S/c1-13(2)8-19-20(26)23-10-16(22-14(3)25)9-17(23)11-24(19)29(27,28)12-15-6-4-5-7-18(15)21/h4-7,13,16-17,19H,8-12H2,1-3H3,(H,22,25)/t16-,17-,19-/m0/s1. The number of hydrogen-bond acceptors (Lipinski definition) is 4. The minimum absolute atomic E-state index is 0.146. The van der Waals surface area contributed by atoms with Crippen molar-refractivity contribution in [3.05, 3.63) is 34.9 Å². The first-order chi connectivity index (χ1) is 13.6. The quantitative estimate of drug-likeness (QED) is 0.731. The second-order valence-corrected chi connectivity index (χ2v) is 10.7. The maximum absolute atomic E-state index is 13.3. The molecule has 0 unspecified atom stereocenters. The van der Waals surface area contributed by atoms with Crippen LogP contribution in [0.15, 0.2) is 24.3 Å². The number of sulfonamides is 1. The van der Waals surface area contributed by atoms with E-state index in [1.54, 1.807) is 29.2 Å². The molecule has 1 aromatic rings. The molecule has 3 rings (SSSR count). The minimum atomic E-state index is -3.75. The van der Waals surface area contributed by atoms with Crippen molar-refractivity contribution in [3.63, 3.8) is 0 Å². The van der Waals surface area contributed by atoms with Crippen molar-refractivity contribution in [3.8, 4) is 0 Å². The van der Waals surface area contributed by atoms with Crippen LogP contribution in [0.25, 0.3) is 0 Å². The molecular weight excluding hydrogens is 414 g/mol. The molecule has 9 heteroatoms. The van der Waals surface area contributed by atoms with Crippen molar-refractivity contribution >= 4 is 33.4 Å². The Balaban J connectivity index is 1.88. The van der Waals surface area contributed by atoms with Gasteiger partial charge in [-0.1, -0.05) is 43.6 Å². The van der Waals surface area contributed by atoms with E-state index < -0.39 is 16.1 Å². The van der Waals surface area contributed by atoms with Gasteiger partial charge in [0.15, 0.2) is 0 Å². The van der Waals surface area contributed by atoms with Gasteiger partial charge in [-0.15, -0.1) is 0 Å². The fraction of sp³-hybridized carbons (Fsp3) is 0.600. The highest BCUT2D eigenvalue weighted by atomic mass is 35.5. The molecule has 2 heterocycles. The summed E-state index contributed by atoms with van der Waals surface area (Å²) >= 11 is 6.18. The van der Waals surface area contributed by atoms with Gasteiger partial charge in [-0.2, -0.15) is 4.31 Å². The number of carbonyl (C=O) groups is 2. The van der Waals surface area contributed by atoms with Crippen molar-refractivity contribution < 1.29 is 18.0 Å². The average molecular weight is 442 g/mol. The van der Waals surface area contributed by atoms with Crippen LogP contribution in [0, 0.1) is 5.92 Å². The third-order valence-corrected chi connectivity index (χ3v) is 7.64. The molecule has 2 aliphatic heterocycles. The highest BCUT2D eigenvalue weighted by molar-refractivity contribution is 7.88. The lowest BCUT2D eigenvalue weighted by molar-refractivity contribution is -0.141. The summed E-state index contributed by atoms with van der Waals surface area (Å²) < 4.78 is 28.0. The lowest BCUT2D eigenvalue weighted by Gasteiger charge is -2.42. The summed E-state index contributed by atoms with van der Waals surface area (Å²) in [6, 6.07) is 5.75. The SMILES string of the molecule is CC(=O)N[C@H]1C[C@H]2CN(S(=O)(=O)Cc3ccccc3Cl)[C@@H](CC(C)C)C(=O)N2C1. The molecule has 3 atom stereocenters. The van der Waals surface area contributed by atoms with Crippen LogP contribution in [0.3, 0.4) is 0 Å². The molecule has 1 aromatic carbocycles. The summed E-state index contributed by atoms with van der Waals surface area (Å²) in [5.41, 5.74) is 0.523. The maximum atomic E-state index is 13.3. The van der Waals surface area contributed by atoms with E-state index in [0.717, 1.165) is 0 Å². The summed E-state index contributed by atoms with van der Waals surface area (Å²) in [6.07, 6.45) is 1.01. The van der Waals surface area contributed by atoms with Gasteiger partial charge in [0.2, 0.25) is 21.8 Å². The number of benzene rings is 1. The summed E-state index contributed by atoms with van der Waals surface area (Å²) in [6.45, 7) is 6.06. The van der Waals surface area contributed by atoms with Crippen molar-refractivity contribution in [1.82, 2.24) is 14.5 Å². The smallest absolute Gasteiger partial charge is 0.241 e. The van der Waals surface area contributed by atoms with Gasteiger partial charge in [-0.05, 0) is 30.4 Å². The third kappa shape index (κ3) is 4.92. The number of halogens is 1. The Kier molecular flexibility index (Phi) is 6.55. The second-order valence-electron chi connectivity index (χ2n) is 8.34. The van der Waals surface area contributed by atoms with Crippen molar-refractivity contribution in [2.75, 3.05) is 13.1 Å². The summed E-state index contributed by atoms with van der Waals surface area (Å²) in [7, 11) is -3.75. The Morgan fingerprint density at radius 2 is 1.97 bits per heavy atom. The lowest BCUT2D eigenvalue weighted by atomic mass is 9.99. The molecule has 2 aliphatic rings. The second kappa shape index (κ2) is 8.62. The monoisotopic (exact) mass is 441 g/mol. The predicted molar refractivity (Wildman–Crippen MR) is 112 cm³/mol. The highest BCUT2D eigenvalue weighted by Gasteiger charge is 2.49. The number of rotatable bonds is 6. The third-order valence-electron chi connectivity index (χ3n) is 5.48. The van der Waals surface area contributed by atoms with Crippen LogP contribution in [0.2, 0.25) is 5.02 Å². The van der Waals surface area contributed by atoms with Crippen LogP contribution in [-0.2, 0) is 25.4 Å². The molecule has 0 aliphatic carbocycles. The van der Waals surface area contributed by atoms with Crippen molar-refractivity contribution in [2.24, 2.45) is 5.92 Å². The van der Waals surface area contributed by atoms with E-state index in [4.69, 9.17) is 11.6 Å². The summed E-state index contributed by atoms with van der Waals surface area (Å²) in [4.78, 5) is 26.4. The summed E-state index contributed by atoms with van der Waals surface area (Å²) in [5.74, 6) is -0.404. The average Bonchev–Trinajstić information content (AvgIpc) is 3.01. The van der Waals surface area contributed by atoms with Gasteiger partial charge in [0.05, 0.1) is 5.75 Å². The number of hydrogen-bond donors (Lipinski definition) is 1. The summed E-state index contributed by atoms with van der Waals surface area (Å²) in [5, 5.41) is 3.25. The number of amides is 2. The Morgan fingerprint density at radius 1 is 1.28 bits per heavy atom. The van der Waals surface area contributed by atoms with E-state index in [1.807, 2.05) is 13.8 Å². The molecule has 7 nitrogen and oxygen atoms in total. The predicted octanol–water partition coefficient (Wildman–Crippen LogP) is 2.01. The van der Waals surface area contributed by atoms with E-state index in [9.17, 15) is 18.0 Å². The first-order valence-corrected chi connectivity index (χ1v) is 11.9. The van der Waals surface area contributed by atoms with Crippen molar-refractivity contribution in [2.45, 2.75) is 57.5 Å². The number of piperazine rings is 1. The minimum Gasteiger partial charge on any atom is -0.352 e. The number of fused-ring (bicyclic) bond motifs is 1. The fourth-order valence-corrected chi connectivity index (χ4v) is 6.32. The number of carbonyl (C=O) groups excluding carboxylic acids is 2. The molecule has 29 heavy (non-hydrogen) atoms. The van der Waals surface area contributed by atoms with Gasteiger partial charge in [0.25, 0.3) is 0 Å². The van der Waals surface area contributed by atoms with Gasteiger partial charge in [0, 0.05) is 37.1 Å². The zero-order chi connectivity index (χ0) is 21.3. The number of nitrogens with zero attached hydrogens (tertiary/aromatic N) is 2. The van der Waals surface area contributed by atoms with Gasteiger partial charge < -0.3 is 10.2 Å². The van der Waals surface area contributed by atoms with E-state index in [0.29, 0.717) is 30.0 Å². The van der Waals surface area contributed by atoms with E-state index >= 15 is 0 Å². The Labute approximate surface area is 177 Å². The van der Waals surface area contributed by atoms with Gasteiger partial charge in [-0.25, -0.2) is 8.42 Å². The van der Waals surface area contributed by atoms with Crippen LogP contribution in [0.4, 0.5) is 0 Å². The van der Waals surface area contributed by atoms with Crippen LogP contribution >= 0.6 is 11.6 Å². The Hall–Kier alpha value is -1.64. The fourth-order valence-electron chi connectivity index (χ4n) is 4.27.